The van der Waals surface area contributed by atoms with E-state index in [0.29, 0.717) is 17.0 Å². The highest BCUT2D eigenvalue weighted by molar-refractivity contribution is 7.92. The minimum Gasteiger partial charge on any atom is -0.497 e. The zero-order valence-electron chi connectivity index (χ0n) is 19.8. The number of sulfonamides is 1. The van der Waals surface area contributed by atoms with Crippen LogP contribution in [0.25, 0.3) is 0 Å². The summed E-state index contributed by atoms with van der Waals surface area (Å²) in [5.41, 5.74) is 1.29. The maximum atomic E-state index is 13.2. The SMILES string of the molecule is CCOC(=O)CC(NC(=O)c1cccc(S(=O)(=O)N(C)c2ccccc2)c1)c1cccc(OC)c1. The number of ether oxygens (including phenoxy) is 2. The molecule has 35 heavy (non-hydrogen) atoms. The minimum absolute atomic E-state index is 0.0279. The van der Waals surface area contributed by atoms with Gasteiger partial charge in [-0.05, 0) is 55.0 Å². The van der Waals surface area contributed by atoms with Crippen LogP contribution in [0.5, 0.6) is 5.75 Å². The summed E-state index contributed by atoms with van der Waals surface area (Å²) in [7, 11) is -0.923. The molecular formula is C26H28N2O6S. The second-order valence-electron chi connectivity index (χ2n) is 7.65. The monoisotopic (exact) mass is 496 g/mol. The molecule has 1 atom stereocenters. The van der Waals surface area contributed by atoms with Crippen LogP contribution in [-0.4, -0.2) is 41.1 Å². The third kappa shape index (κ3) is 6.39. The molecule has 1 N–H and O–H groups in total. The Hall–Kier alpha value is -3.85. The molecule has 0 saturated heterocycles. The summed E-state index contributed by atoms with van der Waals surface area (Å²) in [5.74, 6) is -0.425. The second-order valence-corrected chi connectivity index (χ2v) is 9.62. The summed E-state index contributed by atoms with van der Waals surface area (Å²) in [4.78, 5) is 25.3. The van der Waals surface area contributed by atoms with Gasteiger partial charge >= 0.3 is 5.97 Å². The number of hydrogen-bond donors (Lipinski definition) is 1. The van der Waals surface area contributed by atoms with Gasteiger partial charge < -0.3 is 14.8 Å². The lowest BCUT2D eigenvalue weighted by molar-refractivity contribution is -0.143. The lowest BCUT2D eigenvalue weighted by atomic mass is 10.0. The van der Waals surface area contributed by atoms with E-state index in [2.05, 4.69) is 5.32 Å². The number of anilines is 1. The molecule has 1 unspecified atom stereocenters. The van der Waals surface area contributed by atoms with E-state index >= 15 is 0 Å². The highest BCUT2D eigenvalue weighted by Gasteiger charge is 2.24. The summed E-state index contributed by atoms with van der Waals surface area (Å²) in [5, 5.41) is 2.83. The highest BCUT2D eigenvalue weighted by atomic mass is 32.2. The van der Waals surface area contributed by atoms with E-state index in [0.717, 1.165) is 4.31 Å². The lowest BCUT2D eigenvalue weighted by Gasteiger charge is -2.21. The third-order valence-electron chi connectivity index (χ3n) is 5.35. The Kier molecular flexibility index (Phi) is 8.48. The van der Waals surface area contributed by atoms with Crippen LogP contribution in [0.3, 0.4) is 0 Å². The normalized spacial score (nSPS) is 11.9. The molecule has 0 bridgehead atoms. The average Bonchev–Trinajstić information content (AvgIpc) is 2.88. The van der Waals surface area contributed by atoms with Gasteiger partial charge in [0, 0.05) is 12.6 Å². The fraction of sp³-hybridized carbons (Fsp3) is 0.231. The number of rotatable bonds is 10. The van der Waals surface area contributed by atoms with Crippen molar-refractivity contribution in [3.8, 4) is 5.75 Å². The number of nitrogens with one attached hydrogen (secondary N) is 1. The topological polar surface area (TPSA) is 102 Å². The molecule has 0 fully saturated rings. The van der Waals surface area contributed by atoms with E-state index in [1.165, 1.54) is 38.4 Å². The van der Waals surface area contributed by atoms with Crippen molar-refractivity contribution in [3.05, 3.63) is 90.0 Å². The van der Waals surface area contributed by atoms with Crippen LogP contribution in [0.2, 0.25) is 0 Å². The predicted octanol–water partition coefficient (Wildman–Crippen LogP) is 3.94. The first-order valence-corrected chi connectivity index (χ1v) is 12.4. The van der Waals surface area contributed by atoms with Crippen molar-refractivity contribution in [2.24, 2.45) is 0 Å². The van der Waals surface area contributed by atoms with Crippen LogP contribution in [0.4, 0.5) is 5.69 Å². The molecule has 0 aliphatic heterocycles. The molecule has 0 aromatic heterocycles. The van der Waals surface area contributed by atoms with Crippen molar-refractivity contribution in [1.82, 2.24) is 5.32 Å². The maximum Gasteiger partial charge on any atom is 0.308 e. The fourth-order valence-electron chi connectivity index (χ4n) is 3.47. The molecule has 8 nitrogen and oxygen atoms in total. The van der Waals surface area contributed by atoms with Crippen molar-refractivity contribution < 1.29 is 27.5 Å². The van der Waals surface area contributed by atoms with E-state index < -0.39 is 27.9 Å². The van der Waals surface area contributed by atoms with Gasteiger partial charge in [-0.1, -0.05) is 36.4 Å². The predicted molar refractivity (Wildman–Crippen MR) is 133 cm³/mol. The van der Waals surface area contributed by atoms with E-state index in [4.69, 9.17) is 9.47 Å². The Labute approximate surface area is 205 Å². The quantitative estimate of drug-likeness (QED) is 0.427. The van der Waals surface area contributed by atoms with Crippen LogP contribution in [0.1, 0.15) is 35.3 Å². The van der Waals surface area contributed by atoms with E-state index in [9.17, 15) is 18.0 Å². The summed E-state index contributed by atoms with van der Waals surface area (Å²) in [6.07, 6.45) is -0.0958. The summed E-state index contributed by atoms with van der Waals surface area (Å²) < 4.78 is 37.8. The van der Waals surface area contributed by atoms with Gasteiger partial charge in [0.25, 0.3) is 15.9 Å². The third-order valence-corrected chi connectivity index (χ3v) is 7.13. The number of para-hydroxylation sites is 1. The molecule has 1 amide bonds. The molecule has 3 aromatic carbocycles. The first kappa shape index (κ1) is 25.8. The van der Waals surface area contributed by atoms with Crippen LogP contribution in [-0.2, 0) is 19.6 Å². The van der Waals surface area contributed by atoms with E-state index in [-0.39, 0.29) is 23.5 Å². The van der Waals surface area contributed by atoms with Gasteiger partial charge in [-0.2, -0.15) is 0 Å². The number of carbonyl (C=O) groups is 2. The van der Waals surface area contributed by atoms with Crippen LogP contribution < -0.4 is 14.4 Å². The second kappa shape index (κ2) is 11.5. The van der Waals surface area contributed by atoms with Crippen molar-refractivity contribution in [1.29, 1.82) is 0 Å². The number of hydrogen-bond acceptors (Lipinski definition) is 6. The van der Waals surface area contributed by atoms with Gasteiger partial charge in [0.1, 0.15) is 5.75 Å². The number of amides is 1. The molecule has 0 radical (unpaired) electrons. The maximum absolute atomic E-state index is 13.2. The minimum atomic E-state index is -3.90. The zero-order valence-corrected chi connectivity index (χ0v) is 20.6. The molecule has 0 aliphatic carbocycles. The molecule has 3 aromatic rings. The standard InChI is InChI=1S/C26H28N2O6S/c1-4-34-25(29)18-24(19-10-8-14-22(16-19)33-3)27-26(30)20-11-9-15-23(17-20)35(31,32)28(2)21-12-6-5-7-13-21/h5-17,24H,4,18H2,1-3H3,(H,27,30). The van der Waals surface area contributed by atoms with Crippen molar-refractivity contribution >= 4 is 27.6 Å². The summed E-state index contributed by atoms with van der Waals surface area (Å²) in [6, 6.07) is 20.7. The van der Waals surface area contributed by atoms with Crippen molar-refractivity contribution in [2.45, 2.75) is 24.3 Å². The number of benzene rings is 3. The van der Waals surface area contributed by atoms with Crippen LogP contribution in [0.15, 0.2) is 83.8 Å². The molecule has 0 saturated carbocycles. The number of nitrogens with zero attached hydrogens (tertiary/aromatic N) is 1. The Balaban J connectivity index is 1.87. The van der Waals surface area contributed by atoms with E-state index in [1.54, 1.807) is 61.5 Å². The van der Waals surface area contributed by atoms with Gasteiger partial charge in [-0.15, -0.1) is 0 Å². The first-order valence-electron chi connectivity index (χ1n) is 11.0. The molecule has 3 rings (SSSR count). The first-order chi connectivity index (χ1) is 16.8. The zero-order chi connectivity index (χ0) is 25.4. The number of methoxy groups -OCH3 is 1. The van der Waals surface area contributed by atoms with E-state index in [1.807, 2.05) is 0 Å². The molecule has 0 heterocycles. The Bertz CT molecular complexity index is 1280. The molecule has 184 valence electrons. The molecular weight excluding hydrogens is 468 g/mol. The van der Waals surface area contributed by atoms with Crippen molar-refractivity contribution in [3.63, 3.8) is 0 Å². The van der Waals surface area contributed by atoms with Gasteiger partial charge in [-0.3, -0.25) is 13.9 Å². The van der Waals surface area contributed by atoms with Gasteiger partial charge in [0.15, 0.2) is 0 Å². The smallest absolute Gasteiger partial charge is 0.308 e. The fourth-order valence-corrected chi connectivity index (χ4v) is 4.71. The number of carbonyl (C=O) groups excluding carboxylic acids is 2. The lowest BCUT2D eigenvalue weighted by Crippen LogP contribution is -2.31. The van der Waals surface area contributed by atoms with Gasteiger partial charge in [0.2, 0.25) is 0 Å². The van der Waals surface area contributed by atoms with Gasteiger partial charge in [-0.25, -0.2) is 8.42 Å². The Morgan fingerprint density at radius 3 is 2.37 bits per heavy atom. The van der Waals surface area contributed by atoms with Gasteiger partial charge in [0.05, 0.1) is 36.8 Å². The van der Waals surface area contributed by atoms with Crippen molar-refractivity contribution in [2.75, 3.05) is 25.1 Å². The Morgan fingerprint density at radius 1 is 0.971 bits per heavy atom. The molecule has 0 spiro atoms. The summed E-state index contributed by atoms with van der Waals surface area (Å²) >= 11 is 0. The molecule has 0 aliphatic rings. The Morgan fingerprint density at radius 2 is 1.69 bits per heavy atom. The highest BCUT2D eigenvalue weighted by Crippen LogP contribution is 2.25. The van der Waals surface area contributed by atoms with Crippen LogP contribution >= 0.6 is 0 Å². The summed E-state index contributed by atoms with van der Waals surface area (Å²) in [6.45, 7) is 1.92. The molecule has 9 heteroatoms. The largest absolute Gasteiger partial charge is 0.497 e. The number of esters is 1. The van der Waals surface area contributed by atoms with Crippen LogP contribution in [0, 0.1) is 0 Å². The average molecular weight is 497 g/mol.